The minimum atomic E-state index is -0.386. The Kier molecular flexibility index (Phi) is 7.21. The molecule has 0 bridgehead atoms. The molecule has 0 aliphatic rings. The Hall–Kier alpha value is -3.73. The van der Waals surface area contributed by atoms with Gasteiger partial charge in [-0.05, 0) is 43.5 Å². The minimum Gasteiger partial charge on any atom is -0.328 e. The van der Waals surface area contributed by atoms with Gasteiger partial charge in [0.2, 0.25) is 5.91 Å². The van der Waals surface area contributed by atoms with Crippen molar-refractivity contribution in [3.8, 4) is 0 Å². The van der Waals surface area contributed by atoms with E-state index in [1.54, 1.807) is 10.6 Å². The van der Waals surface area contributed by atoms with Gasteiger partial charge in [0.15, 0.2) is 0 Å². The number of rotatable bonds is 8. The summed E-state index contributed by atoms with van der Waals surface area (Å²) < 4.78 is 1.70. The van der Waals surface area contributed by atoms with E-state index in [1.165, 1.54) is 0 Å². The van der Waals surface area contributed by atoms with Gasteiger partial charge in [-0.1, -0.05) is 79.7 Å². The number of carbonyl (C=O) groups is 1. The molecule has 0 fully saturated rings. The van der Waals surface area contributed by atoms with Crippen LogP contribution in [-0.2, 0) is 17.9 Å². The number of amides is 1. The zero-order valence-corrected chi connectivity index (χ0v) is 20.0. The van der Waals surface area contributed by atoms with E-state index in [0.717, 1.165) is 11.1 Å². The first-order valence-electron chi connectivity index (χ1n) is 11.9. The van der Waals surface area contributed by atoms with Gasteiger partial charge < -0.3 is 4.90 Å². The molecule has 0 N–H and O–H groups in total. The van der Waals surface area contributed by atoms with Crippen molar-refractivity contribution in [2.24, 2.45) is 0 Å². The van der Waals surface area contributed by atoms with Crippen LogP contribution in [0.5, 0.6) is 0 Å². The smallest absolute Gasteiger partial charge is 0.261 e. The molecule has 34 heavy (non-hydrogen) atoms. The Bertz CT molecular complexity index is 1320. The van der Waals surface area contributed by atoms with E-state index < -0.39 is 0 Å². The largest absolute Gasteiger partial charge is 0.328 e. The lowest BCUT2D eigenvalue weighted by molar-refractivity contribution is -0.136. The molecule has 4 rings (SSSR count). The van der Waals surface area contributed by atoms with Crippen molar-refractivity contribution in [2.75, 3.05) is 0 Å². The maximum atomic E-state index is 14.1. The number of hydrogen-bond acceptors (Lipinski definition) is 3. The zero-order chi connectivity index (χ0) is 24.1. The number of aromatic nitrogens is 2. The summed E-state index contributed by atoms with van der Waals surface area (Å²) in [4.78, 5) is 34.1. The van der Waals surface area contributed by atoms with E-state index in [-0.39, 0.29) is 23.4 Å². The fourth-order valence-electron chi connectivity index (χ4n) is 4.57. The van der Waals surface area contributed by atoms with Crippen LogP contribution in [0.15, 0.2) is 89.7 Å². The second kappa shape index (κ2) is 10.5. The molecule has 0 spiro atoms. The molecule has 174 valence electrons. The van der Waals surface area contributed by atoms with Crippen molar-refractivity contribution in [3.63, 3.8) is 0 Å². The summed E-state index contributed by atoms with van der Waals surface area (Å²) in [6.07, 6.45) is 0.687. The first-order chi connectivity index (χ1) is 16.5. The molecule has 5 heteroatoms. The van der Waals surface area contributed by atoms with Gasteiger partial charge in [-0.2, -0.15) is 0 Å². The lowest BCUT2D eigenvalue weighted by Crippen LogP contribution is -2.39. The van der Waals surface area contributed by atoms with E-state index in [0.29, 0.717) is 36.2 Å². The molecule has 5 nitrogen and oxygen atoms in total. The Balaban J connectivity index is 1.82. The third kappa shape index (κ3) is 4.65. The van der Waals surface area contributed by atoms with Crippen LogP contribution in [0.2, 0.25) is 0 Å². The number of fused-ring (bicyclic) bond motifs is 1. The van der Waals surface area contributed by atoms with Crippen LogP contribution in [0.3, 0.4) is 0 Å². The summed E-state index contributed by atoms with van der Waals surface area (Å²) >= 11 is 0. The molecular weight excluding hydrogens is 422 g/mol. The number of para-hydroxylation sites is 1. The number of hydrogen-bond donors (Lipinski definition) is 0. The van der Waals surface area contributed by atoms with E-state index in [2.05, 4.69) is 0 Å². The summed E-state index contributed by atoms with van der Waals surface area (Å²) in [7, 11) is 0. The number of nitrogens with zero attached hydrogens (tertiary/aromatic N) is 3. The lowest BCUT2D eigenvalue weighted by Gasteiger charge is -2.33. The maximum Gasteiger partial charge on any atom is 0.261 e. The summed E-state index contributed by atoms with van der Waals surface area (Å²) in [5.41, 5.74) is 2.62. The molecule has 1 heterocycles. The minimum absolute atomic E-state index is 0.0371. The van der Waals surface area contributed by atoms with E-state index in [4.69, 9.17) is 4.98 Å². The third-order valence-electron chi connectivity index (χ3n) is 6.44. The van der Waals surface area contributed by atoms with Crippen LogP contribution in [0.1, 0.15) is 56.1 Å². The molecule has 0 aliphatic heterocycles. The first kappa shape index (κ1) is 23.4. The van der Waals surface area contributed by atoms with Crippen LogP contribution in [0.25, 0.3) is 10.9 Å². The van der Waals surface area contributed by atoms with Crippen LogP contribution < -0.4 is 5.56 Å². The van der Waals surface area contributed by atoms with Crippen LogP contribution in [-0.4, -0.2) is 20.4 Å². The SMILES string of the molecule is CCC(C(=O)N(Cc1ccccc1)C(C)c1nc2ccccc2c(=O)n1CC)c1ccccc1. The van der Waals surface area contributed by atoms with Gasteiger partial charge in [-0.3, -0.25) is 14.2 Å². The Labute approximate surface area is 200 Å². The van der Waals surface area contributed by atoms with E-state index >= 15 is 0 Å². The predicted molar refractivity (Wildman–Crippen MR) is 137 cm³/mol. The van der Waals surface area contributed by atoms with E-state index in [9.17, 15) is 9.59 Å². The Morgan fingerprint density at radius 1 is 0.912 bits per heavy atom. The van der Waals surface area contributed by atoms with Crippen molar-refractivity contribution in [1.82, 2.24) is 14.5 Å². The average Bonchev–Trinajstić information content (AvgIpc) is 2.88. The number of carbonyl (C=O) groups excluding carboxylic acids is 1. The molecule has 0 aliphatic carbocycles. The summed E-state index contributed by atoms with van der Waals surface area (Å²) in [5, 5.41) is 0.594. The summed E-state index contributed by atoms with van der Waals surface area (Å²) in [6.45, 7) is 6.88. The van der Waals surface area contributed by atoms with Gasteiger partial charge in [-0.25, -0.2) is 4.98 Å². The molecule has 0 radical (unpaired) electrons. The maximum absolute atomic E-state index is 14.1. The quantitative estimate of drug-likeness (QED) is 0.344. The van der Waals surface area contributed by atoms with Gasteiger partial charge in [-0.15, -0.1) is 0 Å². The predicted octanol–water partition coefficient (Wildman–Crippen LogP) is 5.70. The van der Waals surface area contributed by atoms with Crippen molar-refractivity contribution >= 4 is 16.8 Å². The van der Waals surface area contributed by atoms with Crippen LogP contribution >= 0.6 is 0 Å². The molecule has 0 saturated carbocycles. The Morgan fingerprint density at radius 3 is 2.18 bits per heavy atom. The van der Waals surface area contributed by atoms with Gasteiger partial charge in [0.25, 0.3) is 5.56 Å². The van der Waals surface area contributed by atoms with Crippen molar-refractivity contribution in [2.45, 2.75) is 52.2 Å². The molecule has 1 aromatic heterocycles. The molecular formula is C29H31N3O2. The first-order valence-corrected chi connectivity index (χ1v) is 11.9. The molecule has 0 saturated heterocycles. The van der Waals surface area contributed by atoms with Gasteiger partial charge in [0, 0.05) is 13.1 Å². The Morgan fingerprint density at radius 2 is 1.53 bits per heavy atom. The second-order valence-electron chi connectivity index (χ2n) is 8.54. The standard InChI is InChI=1S/C29H31N3O2/c1-4-24(23-16-10-7-11-17-23)28(33)32(20-22-14-8-6-9-15-22)21(3)27-30-26-19-13-12-18-25(26)29(34)31(27)5-2/h6-19,21,24H,4-5,20H2,1-3H3. The van der Waals surface area contributed by atoms with Crippen molar-refractivity contribution in [1.29, 1.82) is 0 Å². The van der Waals surface area contributed by atoms with Crippen LogP contribution in [0, 0.1) is 0 Å². The van der Waals surface area contributed by atoms with Gasteiger partial charge >= 0.3 is 0 Å². The van der Waals surface area contributed by atoms with Crippen LogP contribution in [0.4, 0.5) is 0 Å². The second-order valence-corrected chi connectivity index (χ2v) is 8.54. The highest BCUT2D eigenvalue weighted by atomic mass is 16.2. The molecule has 3 aromatic carbocycles. The molecule has 2 unspecified atom stereocenters. The summed E-state index contributed by atoms with van der Waals surface area (Å²) in [5.74, 6) is 0.378. The highest BCUT2D eigenvalue weighted by Crippen LogP contribution is 2.29. The van der Waals surface area contributed by atoms with E-state index in [1.807, 2.05) is 105 Å². The average molecular weight is 454 g/mol. The van der Waals surface area contributed by atoms with Crippen molar-refractivity contribution in [3.05, 3.63) is 112 Å². The molecule has 2 atom stereocenters. The molecule has 1 amide bonds. The third-order valence-corrected chi connectivity index (χ3v) is 6.44. The highest BCUT2D eigenvalue weighted by molar-refractivity contribution is 5.84. The highest BCUT2D eigenvalue weighted by Gasteiger charge is 2.31. The molecule has 4 aromatic rings. The monoisotopic (exact) mass is 453 g/mol. The topological polar surface area (TPSA) is 55.2 Å². The fourth-order valence-corrected chi connectivity index (χ4v) is 4.57. The zero-order valence-electron chi connectivity index (χ0n) is 20.0. The fraction of sp³-hybridized carbons (Fsp3) is 0.276. The van der Waals surface area contributed by atoms with Crippen molar-refractivity contribution < 1.29 is 4.79 Å². The number of benzene rings is 3. The normalized spacial score (nSPS) is 12.9. The lowest BCUT2D eigenvalue weighted by atomic mass is 9.94. The van der Waals surface area contributed by atoms with Gasteiger partial charge in [0.1, 0.15) is 5.82 Å². The summed E-state index contributed by atoms with van der Waals surface area (Å²) in [6, 6.07) is 26.9. The van der Waals surface area contributed by atoms with Gasteiger partial charge in [0.05, 0.1) is 22.9 Å².